The maximum atomic E-state index is 6.45. The average molecular weight is 641 g/mol. The molecule has 10 rings (SSSR count). The van der Waals surface area contributed by atoms with Crippen molar-refractivity contribution in [2.75, 3.05) is 0 Å². The summed E-state index contributed by atoms with van der Waals surface area (Å²) in [4.78, 5) is 10.4. The number of hydrogen-bond acceptors (Lipinski definition) is 4. The fourth-order valence-corrected chi connectivity index (χ4v) is 7.07. The summed E-state index contributed by atoms with van der Waals surface area (Å²) in [5, 5.41) is 4.34. The lowest BCUT2D eigenvalue weighted by Crippen LogP contribution is -1.96. The third-order valence-corrected chi connectivity index (χ3v) is 9.53. The fraction of sp³-hybridized carbons (Fsp3) is 0. The molecule has 7 aromatic carbocycles. The fourth-order valence-electron chi connectivity index (χ4n) is 7.07. The molecule has 0 saturated heterocycles. The molecule has 0 atom stereocenters. The zero-order chi connectivity index (χ0) is 33.0. The summed E-state index contributed by atoms with van der Waals surface area (Å²) in [7, 11) is 0. The summed E-state index contributed by atoms with van der Waals surface area (Å²) >= 11 is 0. The van der Waals surface area contributed by atoms with Crippen molar-refractivity contribution in [1.29, 1.82) is 0 Å². The molecule has 50 heavy (non-hydrogen) atoms. The van der Waals surface area contributed by atoms with Gasteiger partial charge in [0.2, 0.25) is 0 Å². The number of fused-ring (bicyclic) bond motifs is 6. The number of hydrogen-bond donors (Lipinski definition) is 0. The van der Waals surface area contributed by atoms with Gasteiger partial charge in [0.05, 0.1) is 17.0 Å². The molecule has 4 nitrogen and oxygen atoms in total. The molecule has 0 bridgehead atoms. The van der Waals surface area contributed by atoms with Crippen molar-refractivity contribution in [3.63, 3.8) is 0 Å². The number of benzene rings is 7. The Morgan fingerprint density at radius 2 is 0.800 bits per heavy atom. The molecule has 0 saturated carbocycles. The van der Waals surface area contributed by atoms with Gasteiger partial charge in [-0.3, -0.25) is 0 Å². The maximum Gasteiger partial charge on any atom is 0.164 e. The van der Waals surface area contributed by atoms with Crippen LogP contribution in [0.1, 0.15) is 0 Å². The minimum Gasteiger partial charge on any atom is -0.455 e. The number of furan rings is 2. The Bertz CT molecular complexity index is 2860. The van der Waals surface area contributed by atoms with Crippen molar-refractivity contribution in [2.24, 2.45) is 0 Å². The van der Waals surface area contributed by atoms with E-state index in [9.17, 15) is 0 Å². The first-order valence-corrected chi connectivity index (χ1v) is 16.7. The van der Waals surface area contributed by atoms with Crippen LogP contribution >= 0.6 is 0 Å². The first-order chi connectivity index (χ1) is 24.8. The summed E-state index contributed by atoms with van der Waals surface area (Å²) in [6.07, 6.45) is 0. The summed E-state index contributed by atoms with van der Waals surface area (Å²) in [6.45, 7) is 0. The van der Waals surface area contributed by atoms with Gasteiger partial charge in [-0.1, -0.05) is 140 Å². The maximum absolute atomic E-state index is 6.45. The van der Waals surface area contributed by atoms with Crippen molar-refractivity contribution in [2.45, 2.75) is 0 Å². The molecule has 4 heteroatoms. The second-order valence-electron chi connectivity index (χ2n) is 12.5. The number of rotatable bonds is 5. The van der Waals surface area contributed by atoms with Crippen LogP contribution in [0.25, 0.3) is 100 Å². The quantitative estimate of drug-likeness (QED) is 0.188. The molecule has 10 aromatic rings. The van der Waals surface area contributed by atoms with Gasteiger partial charge < -0.3 is 8.83 Å². The smallest absolute Gasteiger partial charge is 0.164 e. The van der Waals surface area contributed by atoms with Crippen LogP contribution in [0.2, 0.25) is 0 Å². The van der Waals surface area contributed by atoms with E-state index < -0.39 is 0 Å². The molecular formula is C46H28N2O2. The van der Waals surface area contributed by atoms with Gasteiger partial charge in [-0.25, -0.2) is 9.97 Å². The van der Waals surface area contributed by atoms with E-state index >= 15 is 0 Å². The van der Waals surface area contributed by atoms with Gasteiger partial charge in [-0.05, 0) is 47.0 Å². The van der Waals surface area contributed by atoms with Crippen LogP contribution in [0.5, 0.6) is 0 Å². The highest BCUT2D eigenvalue weighted by Gasteiger charge is 2.18. The van der Waals surface area contributed by atoms with Gasteiger partial charge in [-0.2, -0.15) is 0 Å². The van der Waals surface area contributed by atoms with E-state index in [0.717, 1.165) is 88.6 Å². The van der Waals surface area contributed by atoms with Gasteiger partial charge in [-0.15, -0.1) is 0 Å². The van der Waals surface area contributed by atoms with Crippen molar-refractivity contribution in [1.82, 2.24) is 9.97 Å². The molecule has 0 unspecified atom stereocenters. The Labute approximate surface area is 287 Å². The van der Waals surface area contributed by atoms with Crippen molar-refractivity contribution < 1.29 is 8.83 Å². The first kappa shape index (κ1) is 28.3. The lowest BCUT2D eigenvalue weighted by molar-refractivity contribution is 0.669. The van der Waals surface area contributed by atoms with Gasteiger partial charge in [0.25, 0.3) is 0 Å². The molecule has 0 radical (unpaired) electrons. The van der Waals surface area contributed by atoms with Crippen LogP contribution in [0.15, 0.2) is 179 Å². The molecule has 0 N–H and O–H groups in total. The van der Waals surface area contributed by atoms with Crippen molar-refractivity contribution in [3.05, 3.63) is 170 Å². The highest BCUT2D eigenvalue weighted by molar-refractivity contribution is 6.10. The van der Waals surface area contributed by atoms with Crippen LogP contribution in [-0.2, 0) is 0 Å². The van der Waals surface area contributed by atoms with Crippen LogP contribution < -0.4 is 0 Å². The minimum absolute atomic E-state index is 0.610. The van der Waals surface area contributed by atoms with E-state index in [1.165, 1.54) is 5.56 Å². The molecule has 0 spiro atoms. The predicted molar refractivity (Wildman–Crippen MR) is 204 cm³/mol. The Morgan fingerprint density at radius 1 is 0.320 bits per heavy atom. The van der Waals surface area contributed by atoms with E-state index in [-0.39, 0.29) is 0 Å². The number of nitrogens with zero attached hydrogens (tertiary/aromatic N) is 2. The third kappa shape index (κ3) is 4.69. The highest BCUT2D eigenvalue weighted by Crippen LogP contribution is 2.39. The zero-order valence-electron chi connectivity index (χ0n) is 26.9. The van der Waals surface area contributed by atoms with Crippen LogP contribution in [0.4, 0.5) is 0 Å². The molecule has 3 aromatic heterocycles. The van der Waals surface area contributed by atoms with E-state index in [4.69, 9.17) is 18.8 Å². The summed E-state index contributed by atoms with van der Waals surface area (Å²) in [6, 6.07) is 58.5. The molecule has 0 fully saturated rings. The molecule has 0 aliphatic carbocycles. The van der Waals surface area contributed by atoms with Gasteiger partial charge in [0, 0.05) is 38.2 Å². The molecule has 0 amide bonds. The summed E-state index contributed by atoms with van der Waals surface area (Å²) in [5.41, 5.74) is 12.3. The predicted octanol–water partition coefficient (Wildman–Crippen LogP) is 12.6. The topological polar surface area (TPSA) is 52.1 Å². The average Bonchev–Trinajstić information content (AvgIpc) is 3.77. The number of aromatic nitrogens is 2. The lowest BCUT2D eigenvalue weighted by Gasteiger charge is -2.11. The Hall–Kier alpha value is -6.78. The number of para-hydroxylation sites is 4. The van der Waals surface area contributed by atoms with Crippen molar-refractivity contribution >= 4 is 43.9 Å². The minimum atomic E-state index is 0.610. The standard InChI is InChI=1S/C46H28N2O2/c1-2-11-29(12-3-1)30-23-25-31(26-24-30)40-28-41(48-46(47-40)39-20-10-19-38-36-16-5-7-22-43(36)50-45(38)39)33-14-8-13-32(27-33)34-17-9-18-37-35-15-4-6-21-42(35)49-44(34)37/h1-28H. The van der Waals surface area contributed by atoms with Gasteiger partial charge >= 0.3 is 0 Å². The Morgan fingerprint density at radius 3 is 1.50 bits per heavy atom. The summed E-state index contributed by atoms with van der Waals surface area (Å²) < 4.78 is 12.9. The van der Waals surface area contributed by atoms with E-state index in [2.05, 4.69) is 127 Å². The van der Waals surface area contributed by atoms with Gasteiger partial charge in [0.15, 0.2) is 5.82 Å². The largest absolute Gasteiger partial charge is 0.455 e. The van der Waals surface area contributed by atoms with Crippen LogP contribution in [0, 0.1) is 0 Å². The lowest BCUT2D eigenvalue weighted by atomic mass is 9.98. The first-order valence-electron chi connectivity index (χ1n) is 16.7. The van der Waals surface area contributed by atoms with E-state index in [1.807, 2.05) is 42.5 Å². The Kier molecular flexibility index (Phi) is 6.46. The SMILES string of the molecule is c1ccc(-c2ccc(-c3cc(-c4cccc(-c5cccc6c5oc5ccccc56)c4)nc(-c4cccc5c4oc4ccccc45)n3)cc2)cc1. The second-order valence-corrected chi connectivity index (χ2v) is 12.5. The van der Waals surface area contributed by atoms with E-state index in [1.54, 1.807) is 0 Å². The highest BCUT2D eigenvalue weighted by atomic mass is 16.3. The van der Waals surface area contributed by atoms with Crippen molar-refractivity contribution in [3.8, 4) is 56.2 Å². The molecule has 0 aliphatic rings. The normalized spacial score (nSPS) is 11.6. The Balaban J connectivity index is 1.15. The molecular weight excluding hydrogens is 613 g/mol. The van der Waals surface area contributed by atoms with E-state index in [0.29, 0.717) is 5.82 Å². The van der Waals surface area contributed by atoms with Crippen LogP contribution in [-0.4, -0.2) is 9.97 Å². The van der Waals surface area contributed by atoms with Gasteiger partial charge in [0.1, 0.15) is 22.3 Å². The molecule has 234 valence electrons. The molecule has 0 aliphatic heterocycles. The summed E-state index contributed by atoms with van der Waals surface area (Å²) in [5.74, 6) is 0.610. The van der Waals surface area contributed by atoms with Crippen LogP contribution in [0.3, 0.4) is 0 Å². The second kappa shape index (κ2) is 11.4. The zero-order valence-corrected chi connectivity index (χ0v) is 26.9. The third-order valence-electron chi connectivity index (χ3n) is 9.53. The molecule has 3 heterocycles. The monoisotopic (exact) mass is 640 g/mol.